The van der Waals surface area contributed by atoms with Gasteiger partial charge in [-0.2, -0.15) is 0 Å². The largest absolute Gasteiger partial charge is 0.368 e. The van der Waals surface area contributed by atoms with Crippen LogP contribution in [0.1, 0.15) is 11.1 Å². The predicted octanol–water partition coefficient (Wildman–Crippen LogP) is 2.37. The molecule has 0 fully saturated rings. The molecule has 2 aromatic carbocycles. The number of nitrogens with two attached hydrogens (primary N) is 1. The average Bonchev–Trinajstić information content (AvgIpc) is 2.45. The monoisotopic (exact) mass is 352 g/mol. The molecule has 2 rings (SSSR count). The van der Waals surface area contributed by atoms with Gasteiger partial charge in [-0.25, -0.2) is 8.78 Å². The Morgan fingerprint density at radius 1 is 1.08 bits per heavy atom. The van der Waals surface area contributed by atoms with Crippen molar-refractivity contribution in [3.05, 3.63) is 70.2 Å². The van der Waals surface area contributed by atoms with Crippen LogP contribution in [0.15, 0.2) is 42.5 Å². The Balaban J connectivity index is 2.04. The number of hydrogen-bond donors (Lipinski definition) is 2. The van der Waals surface area contributed by atoms with E-state index < -0.39 is 29.5 Å². The molecule has 0 spiro atoms. The first-order chi connectivity index (χ1) is 11.3. The number of nitrogens with one attached hydrogen (secondary N) is 1. The third-order valence-electron chi connectivity index (χ3n) is 3.29. The lowest BCUT2D eigenvalue weighted by Gasteiger charge is -2.16. The molecular formula is C17H15ClF2N2O2. The quantitative estimate of drug-likeness (QED) is 0.837. The number of carbonyl (C=O) groups is 2. The Morgan fingerprint density at radius 3 is 2.33 bits per heavy atom. The summed E-state index contributed by atoms with van der Waals surface area (Å²) in [6, 6.07) is 8.68. The van der Waals surface area contributed by atoms with Gasteiger partial charge in [0.2, 0.25) is 11.8 Å². The van der Waals surface area contributed by atoms with Gasteiger partial charge in [0, 0.05) is 17.5 Å². The minimum atomic E-state index is -0.950. The number of rotatable bonds is 6. The van der Waals surface area contributed by atoms with E-state index in [2.05, 4.69) is 5.32 Å². The fourth-order valence-corrected chi connectivity index (χ4v) is 2.48. The van der Waals surface area contributed by atoms with Gasteiger partial charge in [0.25, 0.3) is 0 Å². The van der Waals surface area contributed by atoms with Crippen molar-refractivity contribution in [2.45, 2.75) is 18.9 Å². The first-order valence-electron chi connectivity index (χ1n) is 7.11. The van der Waals surface area contributed by atoms with Crippen molar-refractivity contribution in [2.24, 2.45) is 5.73 Å². The second kappa shape index (κ2) is 7.88. The number of primary amides is 1. The fourth-order valence-electron chi connectivity index (χ4n) is 2.27. The Morgan fingerprint density at radius 2 is 1.75 bits per heavy atom. The summed E-state index contributed by atoms with van der Waals surface area (Å²) in [7, 11) is 0. The molecule has 2 aromatic rings. The van der Waals surface area contributed by atoms with Gasteiger partial charge in [0.1, 0.15) is 17.7 Å². The summed E-state index contributed by atoms with van der Waals surface area (Å²) < 4.78 is 26.3. The minimum absolute atomic E-state index is 0.163. The highest BCUT2D eigenvalue weighted by Gasteiger charge is 2.19. The summed E-state index contributed by atoms with van der Waals surface area (Å²) in [6.07, 6.45) is -0.104. The first kappa shape index (κ1) is 17.9. The van der Waals surface area contributed by atoms with Crippen LogP contribution in [0.3, 0.4) is 0 Å². The zero-order valence-corrected chi connectivity index (χ0v) is 13.3. The summed E-state index contributed by atoms with van der Waals surface area (Å²) in [4.78, 5) is 23.6. The van der Waals surface area contributed by atoms with Crippen molar-refractivity contribution < 1.29 is 18.4 Å². The highest BCUT2D eigenvalue weighted by Crippen LogP contribution is 2.13. The molecule has 0 saturated carbocycles. The van der Waals surface area contributed by atoms with E-state index in [1.807, 2.05) is 0 Å². The second-order valence-corrected chi connectivity index (χ2v) is 5.75. The molecule has 3 N–H and O–H groups in total. The lowest BCUT2D eigenvalue weighted by molar-refractivity contribution is -0.127. The molecule has 24 heavy (non-hydrogen) atoms. The molecule has 126 valence electrons. The molecule has 0 aromatic heterocycles. The molecule has 0 heterocycles. The van der Waals surface area contributed by atoms with Crippen molar-refractivity contribution >= 4 is 23.4 Å². The maximum absolute atomic E-state index is 13.1. The predicted molar refractivity (Wildman–Crippen MR) is 86.3 cm³/mol. The molecule has 4 nitrogen and oxygen atoms in total. The molecule has 0 aliphatic heterocycles. The van der Waals surface area contributed by atoms with Crippen molar-refractivity contribution in [3.63, 3.8) is 0 Å². The van der Waals surface area contributed by atoms with Crippen LogP contribution in [0.25, 0.3) is 0 Å². The normalized spacial score (nSPS) is 11.8. The first-order valence-corrected chi connectivity index (χ1v) is 7.49. The van der Waals surface area contributed by atoms with E-state index in [-0.39, 0.29) is 18.4 Å². The number of carbonyl (C=O) groups excluding carboxylic acids is 2. The van der Waals surface area contributed by atoms with Gasteiger partial charge in [-0.1, -0.05) is 23.7 Å². The zero-order chi connectivity index (χ0) is 17.7. The summed E-state index contributed by atoms with van der Waals surface area (Å²) in [5, 5.41) is 2.97. The van der Waals surface area contributed by atoms with Crippen molar-refractivity contribution in [1.29, 1.82) is 0 Å². The van der Waals surface area contributed by atoms with E-state index >= 15 is 0 Å². The molecule has 0 radical (unpaired) electrons. The molecule has 1 atom stereocenters. The third-order valence-corrected chi connectivity index (χ3v) is 3.53. The molecule has 0 aliphatic rings. The summed E-state index contributed by atoms with van der Waals surface area (Å²) in [5.41, 5.74) is 6.19. The SMILES string of the molecule is NC(=O)[C@@H](Cc1cccc(Cl)c1)NC(=O)Cc1cc(F)cc(F)c1. The van der Waals surface area contributed by atoms with Gasteiger partial charge >= 0.3 is 0 Å². The van der Waals surface area contributed by atoms with Crippen LogP contribution in [0.2, 0.25) is 5.02 Å². The van der Waals surface area contributed by atoms with Crippen LogP contribution in [-0.4, -0.2) is 17.9 Å². The van der Waals surface area contributed by atoms with Crippen molar-refractivity contribution in [2.75, 3.05) is 0 Å². The number of halogens is 3. The number of hydrogen-bond acceptors (Lipinski definition) is 2. The van der Waals surface area contributed by atoms with E-state index in [4.69, 9.17) is 17.3 Å². The molecule has 2 amide bonds. The maximum Gasteiger partial charge on any atom is 0.240 e. The Labute approximate surface area is 142 Å². The van der Waals surface area contributed by atoms with Crippen LogP contribution < -0.4 is 11.1 Å². The van der Waals surface area contributed by atoms with Gasteiger partial charge in [0.15, 0.2) is 0 Å². The smallest absolute Gasteiger partial charge is 0.240 e. The van der Waals surface area contributed by atoms with Crippen LogP contribution in [0, 0.1) is 11.6 Å². The molecule has 0 saturated heterocycles. The average molecular weight is 353 g/mol. The van der Waals surface area contributed by atoms with Gasteiger partial charge in [-0.3, -0.25) is 9.59 Å². The van der Waals surface area contributed by atoms with Crippen LogP contribution in [0.4, 0.5) is 8.78 Å². The van der Waals surface area contributed by atoms with E-state index in [0.29, 0.717) is 11.1 Å². The third kappa shape index (κ3) is 5.31. The Kier molecular flexibility index (Phi) is 5.87. The van der Waals surface area contributed by atoms with Crippen LogP contribution >= 0.6 is 11.6 Å². The Hall–Kier alpha value is -2.47. The highest BCUT2D eigenvalue weighted by atomic mass is 35.5. The van der Waals surface area contributed by atoms with E-state index in [9.17, 15) is 18.4 Å². The highest BCUT2D eigenvalue weighted by molar-refractivity contribution is 6.30. The Bertz CT molecular complexity index is 748. The van der Waals surface area contributed by atoms with Gasteiger partial charge in [-0.15, -0.1) is 0 Å². The molecule has 7 heteroatoms. The van der Waals surface area contributed by atoms with Crippen LogP contribution in [-0.2, 0) is 22.4 Å². The molecule has 0 unspecified atom stereocenters. The fraction of sp³-hybridized carbons (Fsp3) is 0.176. The van der Waals surface area contributed by atoms with E-state index in [1.54, 1.807) is 24.3 Å². The van der Waals surface area contributed by atoms with Gasteiger partial charge < -0.3 is 11.1 Å². The second-order valence-electron chi connectivity index (χ2n) is 5.31. The van der Waals surface area contributed by atoms with E-state index in [1.165, 1.54) is 0 Å². The van der Waals surface area contributed by atoms with Crippen molar-refractivity contribution in [3.8, 4) is 0 Å². The van der Waals surface area contributed by atoms with E-state index in [0.717, 1.165) is 17.7 Å². The summed E-state index contributed by atoms with van der Waals surface area (Å²) in [6.45, 7) is 0. The standard InChI is InChI=1S/C17H15ClF2N2O2/c18-12-3-1-2-10(4-12)7-15(17(21)24)22-16(23)8-11-5-13(19)9-14(20)6-11/h1-6,9,15H,7-8H2,(H2,21,24)(H,22,23)/t15-/m1/s1. The maximum atomic E-state index is 13.1. The van der Waals surface area contributed by atoms with Crippen LogP contribution in [0.5, 0.6) is 0 Å². The molecular weight excluding hydrogens is 338 g/mol. The lowest BCUT2D eigenvalue weighted by Crippen LogP contribution is -2.46. The van der Waals surface area contributed by atoms with Gasteiger partial charge in [-0.05, 0) is 35.4 Å². The number of amides is 2. The molecule has 0 bridgehead atoms. The topological polar surface area (TPSA) is 72.2 Å². The lowest BCUT2D eigenvalue weighted by atomic mass is 10.0. The van der Waals surface area contributed by atoms with Crippen molar-refractivity contribution in [1.82, 2.24) is 5.32 Å². The molecule has 0 aliphatic carbocycles. The van der Waals surface area contributed by atoms with Gasteiger partial charge in [0.05, 0.1) is 6.42 Å². The number of benzene rings is 2. The zero-order valence-electron chi connectivity index (χ0n) is 12.6. The minimum Gasteiger partial charge on any atom is -0.368 e. The summed E-state index contributed by atoms with van der Waals surface area (Å²) in [5.74, 6) is -2.83. The summed E-state index contributed by atoms with van der Waals surface area (Å²) >= 11 is 5.88.